The molecular weight excluding hydrogens is 342 g/mol. The number of aryl methyl sites for hydroxylation is 2. The second kappa shape index (κ2) is 7.96. The van der Waals surface area contributed by atoms with Gasteiger partial charge >= 0.3 is 5.63 Å². The van der Waals surface area contributed by atoms with E-state index in [9.17, 15) is 9.59 Å². The highest BCUT2D eigenvalue weighted by molar-refractivity contribution is 6.06. The van der Waals surface area contributed by atoms with Crippen molar-refractivity contribution >= 4 is 17.3 Å². The van der Waals surface area contributed by atoms with Gasteiger partial charge < -0.3 is 20.0 Å². The molecule has 0 radical (unpaired) electrons. The van der Waals surface area contributed by atoms with E-state index in [1.54, 1.807) is 6.92 Å². The largest absolute Gasteiger partial charge is 0.427 e. The van der Waals surface area contributed by atoms with Gasteiger partial charge in [-0.1, -0.05) is 6.07 Å². The van der Waals surface area contributed by atoms with Crippen LogP contribution in [0.1, 0.15) is 46.0 Å². The molecule has 0 aliphatic carbocycles. The molecule has 0 spiro atoms. The number of nitrogens with one attached hydrogen (secondary N) is 2. The monoisotopic (exact) mass is 369 g/mol. The lowest BCUT2D eigenvalue weighted by atomic mass is 9.95. The molecule has 1 atom stereocenters. The van der Waals surface area contributed by atoms with Crippen LogP contribution in [0.5, 0.6) is 0 Å². The van der Waals surface area contributed by atoms with Crippen LogP contribution in [0.2, 0.25) is 0 Å². The van der Waals surface area contributed by atoms with Gasteiger partial charge in [-0.15, -0.1) is 0 Å². The number of hydrogen-bond acceptors (Lipinski definition) is 5. The Morgan fingerprint density at radius 1 is 1.26 bits per heavy atom. The molecule has 27 heavy (non-hydrogen) atoms. The molecule has 0 saturated carbocycles. The topological polar surface area (TPSA) is 74.6 Å². The van der Waals surface area contributed by atoms with E-state index >= 15 is 0 Å². The molecule has 1 saturated heterocycles. The smallest absolute Gasteiger partial charge is 0.349 e. The van der Waals surface area contributed by atoms with Gasteiger partial charge in [-0.25, -0.2) is 4.79 Å². The third-order valence-corrected chi connectivity index (χ3v) is 4.98. The number of piperidine rings is 1. The van der Waals surface area contributed by atoms with E-state index in [0.29, 0.717) is 17.0 Å². The van der Waals surface area contributed by atoms with Gasteiger partial charge in [-0.3, -0.25) is 4.79 Å². The first-order chi connectivity index (χ1) is 12.9. The molecule has 1 aliphatic heterocycles. The zero-order valence-electron chi connectivity index (χ0n) is 16.4. The molecule has 3 rings (SSSR count). The summed E-state index contributed by atoms with van der Waals surface area (Å²) in [6.07, 6.45) is 2.03. The standard InChI is InChI=1S/C21H27N3O3/c1-13-7-8-17(24(3)4)16(10-13)23-20(25)19-14(2)11-18(27-21(19)26)15-6-5-9-22-12-15/h7-8,10-11,15,22H,5-6,9,12H2,1-4H3,(H,23,25). The third kappa shape index (κ3) is 4.22. The van der Waals surface area contributed by atoms with Gasteiger partial charge in [-0.2, -0.15) is 0 Å². The van der Waals surface area contributed by atoms with Crippen LogP contribution in [0.15, 0.2) is 33.5 Å². The number of carbonyl (C=O) groups is 1. The second-order valence-electron chi connectivity index (χ2n) is 7.41. The Morgan fingerprint density at radius 3 is 2.67 bits per heavy atom. The molecule has 0 bridgehead atoms. The molecule has 6 nitrogen and oxygen atoms in total. The zero-order valence-corrected chi connectivity index (χ0v) is 16.4. The number of amides is 1. The molecule has 6 heteroatoms. The van der Waals surface area contributed by atoms with Crippen molar-refractivity contribution in [2.45, 2.75) is 32.6 Å². The van der Waals surface area contributed by atoms with Gasteiger partial charge in [0.1, 0.15) is 11.3 Å². The lowest BCUT2D eigenvalue weighted by molar-refractivity contribution is 0.102. The maximum absolute atomic E-state index is 12.8. The van der Waals surface area contributed by atoms with Crippen LogP contribution in [0.3, 0.4) is 0 Å². The van der Waals surface area contributed by atoms with E-state index < -0.39 is 11.5 Å². The minimum Gasteiger partial charge on any atom is -0.427 e. The lowest BCUT2D eigenvalue weighted by Crippen LogP contribution is -2.30. The highest BCUT2D eigenvalue weighted by atomic mass is 16.4. The average molecular weight is 369 g/mol. The fourth-order valence-electron chi connectivity index (χ4n) is 3.53. The van der Waals surface area contributed by atoms with E-state index in [-0.39, 0.29) is 11.5 Å². The second-order valence-corrected chi connectivity index (χ2v) is 7.41. The maximum atomic E-state index is 12.8. The van der Waals surface area contributed by atoms with Crippen molar-refractivity contribution < 1.29 is 9.21 Å². The molecule has 2 N–H and O–H groups in total. The van der Waals surface area contributed by atoms with Crippen molar-refractivity contribution in [3.63, 3.8) is 0 Å². The Labute approximate surface area is 159 Å². The molecule has 1 unspecified atom stereocenters. The summed E-state index contributed by atoms with van der Waals surface area (Å²) in [7, 11) is 3.82. The summed E-state index contributed by atoms with van der Waals surface area (Å²) < 4.78 is 5.52. The van der Waals surface area contributed by atoms with Crippen molar-refractivity contribution in [2.75, 3.05) is 37.4 Å². The highest BCUT2D eigenvalue weighted by Crippen LogP contribution is 2.27. The molecule has 2 heterocycles. The first-order valence-electron chi connectivity index (χ1n) is 9.31. The normalized spacial score (nSPS) is 16.8. The van der Waals surface area contributed by atoms with Gasteiger partial charge in [0.25, 0.3) is 5.91 Å². The van der Waals surface area contributed by atoms with Crippen molar-refractivity contribution in [3.05, 3.63) is 57.1 Å². The van der Waals surface area contributed by atoms with Crippen molar-refractivity contribution in [3.8, 4) is 0 Å². The Balaban J connectivity index is 1.89. The Kier molecular flexibility index (Phi) is 5.65. The quantitative estimate of drug-likeness (QED) is 0.866. The number of benzene rings is 1. The van der Waals surface area contributed by atoms with E-state index in [1.165, 1.54) is 0 Å². The van der Waals surface area contributed by atoms with Crippen LogP contribution in [-0.2, 0) is 0 Å². The predicted octanol–water partition coefficient (Wildman–Crippen LogP) is 3.04. The molecule has 2 aromatic rings. The lowest BCUT2D eigenvalue weighted by Gasteiger charge is -2.22. The van der Waals surface area contributed by atoms with Gasteiger partial charge in [0, 0.05) is 26.6 Å². The molecule has 144 valence electrons. The summed E-state index contributed by atoms with van der Waals surface area (Å²) >= 11 is 0. The molecule has 1 aromatic carbocycles. The van der Waals surface area contributed by atoms with Crippen molar-refractivity contribution in [1.29, 1.82) is 0 Å². The van der Waals surface area contributed by atoms with E-state index in [2.05, 4.69) is 10.6 Å². The summed E-state index contributed by atoms with van der Waals surface area (Å²) in [4.78, 5) is 27.3. The first kappa shape index (κ1) is 19.2. The third-order valence-electron chi connectivity index (χ3n) is 4.98. The number of rotatable bonds is 4. The van der Waals surface area contributed by atoms with Crippen LogP contribution in [0, 0.1) is 13.8 Å². The fourth-order valence-corrected chi connectivity index (χ4v) is 3.53. The molecular formula is C21H27N3O3. The van der Waals surface area contributed by atoms with Gasteiger partial charge in [0.15, 0.2) is 0 Å². The van der Waals surface area contributed by atoms with Crippen LogP contribution in [0.4, 0.5) is 11.4 Å². The number of carbonyl (C=O) groups excluding carboxylic acids is 1. The number of anilines is 2. The van der Waals surface area contributed by atoms with Gasteiger partial charge in [0.05, 0.1) is 11.4 Å². The molecule has 1 aliphatic rings. The zero-order chi connectivity index (χ0) is 19.6. The van der Waals surface area contributed by atoms with E-state index in [4.69, 9.17) is 4.42 Å². The Morgan fingerprint density at radius 2 is 2.04 bits per heavy atom. The molecule has 1 fully saturated rings. The summed E-state index contributed by atoms with van der Waals surface area (Å²) in [5.74, 6) is 0.397. The summed E-state index contributed by atoms with van der Waals surface area (Å²) in [6, 6.07) is 7.65. The molecule has 1 aromatic heterocycles. The van der Waals surface area contributed by atoms with Crippen LogP contribution in [0.25, 0.3) is 0 Å². The van der Waals surface area contributed by atoms with Crippen LogP contribution in [-0.4, -0.2) is 33.1 Å². The average Bonchev–Trinajstić information content (AvgIpc) is 2.61. The van der Waals surface area contributed by atoms with Gasteiger partial charge in [-0.05, 0) is 62.6 Å². The Hall–Kier alpha value is -2.60. The van der Waals surface area contributed by atoms with Crippen LogP contribution >= 0.6 is 0 Å². The Bertz CT molecular complexity index is 896. The van der Waals surface area contributed by atoms with Crippen LogP contribution < -0.4 is 21.2 Å². The first-order valence-corrected chi connectivity index (χ1v) is 9.31. The minimum atomic E-state index is -0.577. The minimum absolute atomic E-state index is 0.0636. The summed E-state index contributed by atoms with van der Waals surface area (Å²) in [6.45, 7) is 5.53. The van der Waals surface area contributed by atoms with Crippen molar-refractivity contribution in [1.82, 2.24) is 5.32 Å². The van der Waals surface area contributed by atoms with Gasteiger partial charge in [0.2, 0.25) is 0 Å². The summed E-state index contributed by atoms with van der Waals surface area (Å²) in [5.41, 5.74) is 2.70. The molecule has 1 amide bonds. The maximum Gasteiger partial charge on any atom is 0.349 e. The fraction of sp³-hybridized carbons (Fsp3) is 0.429. The predicted molar refractivity (Wildman–Crippen MR) is 108 cm³/mol. The number of nitrogens with zero attached hydrogens (tertiary/aromatic N) is 1. The van der Waals surface area contributed by atoms with E-state index in [1.807, 2.05) is 50.2 Å². The number of hydrogen-bond donors (Lipinski definition) is 2. The highest BCUT2D eigenvalue weighted by Gasteiger charge is 2.23. The summed E-state index contributed by atoms with van der Waals surface area (Å²) in [5, 5.41) is 6.20. The van der Waals surface area contributed by atoms with E-state index in [0.717, 1.165) is 37.2 Å². The SMILES string of the molecule is Cc1ccc(N(C)C)c(NC(=O)c2c(C)cc(C3CCCNC3)oc2=O)c1. The van der Waals surface area contributed by atoms with Crippen molar-refractivity contribution in [2.24, 2.45) is 0 Å².